The Hall–Kier alpha value is -0.740. The van der Waals surface area contributed by atoms with E-state index >= 15 is 0 Å². The monoisotopic (exact) mass is 259 g/mol. The number of azide groups is 1. The lowest BCUT2D eigenvalue weighted by Gasteiger charge is -1.99. The summed E-state index contributed by atoms with van der Waals surface area (Å²) >= 11 is 2.21. The van der Waals surface area contributed by atoms with Gasteiger partial charge >= 0.3 is 0 Å². The van der Waals surface area contributed by atoms with Crippen molar-refractivity contribution < 1.29 is 0 Å². The van der Waals surface area contributed by atoms with Crippen LogP contribution in [0.2, 0.25) is 0 Å². The van der Waals surface area contributed by atoms with Gasteiger partial charge in [0.15, 0.2) is 0 Å². The summed E-state index contributed by atoms with van der Waals surface area (Å²) in [5, 5.41) is 3.54. The van der Waals surface area contributed by atoms with Crippen LogP contribution in [0.4, 0.5) is 5.69 Å². The van der Waals surface area contributed by atoms with E-state index in [9.17, 15) is 0 Å². The van der Waals surface area contributed by atoms with Gasteiger partial charge in [-0.3, -0.25) is 0 Å². The molecule has 1 aromatic rings. The lowest BCUT2D eigenvalue weighted by atomic mass is 10.2. The summed E-state index contributed by atoms with van der Waals surface area (Å²) in [4.78, 5) is 2.73. The minimum Gasteiger partial charge on any atom is -0.0607 e. The van der Waals surface area contributed by atoms with Crippen LogP contribution in [0.15, 0.2) is 23.3 Å². The average molecular weight is 259 g/mol. The second-order valence-electron chi connectivity index (χ2n) is 2.07. The van der Waals surface area contributed by atoms with Crippen LogP contribution in [0.3, 0.4) is 0 Å². The van der Waals surface area contributed by atoms with Crippen molar-refractivity contribution in [2.24, 2.45) is 5.11 Å². The first kappa shape index (κ1) is 8.36. The lowest BCUT2D eigenvalue weighted by molar-refractivity contribution is 1.35. The SMILES string of the molecule is Cc1c(I)cccc1N=[N+]=[N-]. The third kappa shape index (κ3) is 1.85. The molecule has 0 spiro atoms. The molecular formula is C7H6IN3. The molecule has 56 valence electrons. The van der Waals surface area contributed by atoms with Crippen molar-refractivity contribution in [2.75, 3.05) is 0 Å². The van der Waals surface area contributed by atoms with Gasteiger partial charge in [-0.2, -0.15) is 0 Å². The van der Waals surface area contributed by atoms with Crippen LogP contribution in [0, 0.1) is 10.5 Å². The number of benzene rings is 1. The van der Waals surface area contributed by atoms with E-state index in [1.54, 1.807) is 6.07 Å². The second-order valence-corrected chi connectivity index (χ2v) is 3.24. The Morgan fingerprint density at radius 2 is 2.27 bits per heavy atom. The predicted molar refractivity (Wildman–Crippen MR) is 52.7 cm³/mol. The van der Waals surface area contributed by atoms with Crippen molar-refractivity contribution >= 4 is 28.3 Å². The highest BCUT2D eigenvalue weighted by molar-refractivity contribution is 14.1. The molecule has 0 aliphatic heterocycles. The van der Waals surface area contributed by atoms with Crippen molar-refractivity contribution in [1.29, 1.82) is 0 Å². The fraction of sp³-hybridized carbons (Fsp3) is 0.143. The molecule has 1 aromatic carbocycles. The molecule has 0 amide bonds. The van der Waals surface area contributed by atoms with Crippen molar-refractivity contribution in [3.8, 4) is 0 Å². The Morgan fingerprint density at radius 3 is 2.91 bits per heavy atom. The van der Waals surface area contributed by atoms with Crippen molar-refractivity contribution in [1.82, 2.24) is 0 Å². The Kier molecular flexibility index (Phi) is 2.73. The normalized spacial score (nSPS) is 8.91. The highest BCUT2D eigenvalue weighted by Gasteiger charge is 1.97. The molecule has 11 heavy (non-hydrogen) atoms. The third-order valence-corrected chi connectivity index (χ3v) is 2.56. The van der Waals surface area contributed by atoms with Gasteiger partial charge in [0.05, 0.1) is 0 Å². The summed E-state index contributed by atoms with van der Waals surface area (Å²) in [6.45, 7) is 1.94. The summed E-state index contributed by atoms with van der Waals surface area (Å²) in [6, 6.07) is 5.66. The molecule has 0 bridgehead atoms. The maximum atomic E-state index is 8.19. The second kappa shape index (κ2) is 3.59. The molecule has 0 aliphatic rings. The van der Waals surface area contributed by atoms with E-state index in [0.717, 1.165) is 9.13 Å². The van der Waals surface area contributed by atoms with E-state index in [2.05, 4.69) is 32.6 Å². The van der Waals surface area contributed by atoms with Gasteiger partial charge in [-0.1, -0.05) is 17.2 Å². The van der Waals surface area contributed by atoms with Crippen LogP contribution in [-0.2, 0) is 0 Å². The lowest BCUT2D eigenvalue weighted by Crippen LogP contribution is -1.77. The van der Waals surface area contributed by atoms with Gasteiger partial charge in [0.1, 0.15) is 0 Å². The van der Waals surface area contributed by atoms with Gasteiger partial charge in [0.25, 0.3) is 0 Å². The topological polar surface area (TPSA) is 48.8 Å². The maximum Gasteiger partial charge on any atom is 0.0415 e. The first-order valence-electron chi connectivity index (χ1n) is 3.06. The number of hydrogen-bond acceptors (Lipinski definition) is 1. The predicted octanol–water partition coefficient (Wildman–Crippen LogP) is 3.54. The summed E-state index contributed by atoms with van der Waals surface area (Å²) < 4.78 is 1.12. The van der Waals surface area contributed by atoms with Crippen molar-refractivity contribution in [3.63, 3.8) is 0 Å². The van der Waals surface area contributed by atoms with Crippen LogP contribution < -0.4 is 0 Å². The quantitative estimate of drug-likeness (QED) is 0.320. The van der Waals surface area contributed by atoms with Crippen molar-refractivity contribution in [2.45, 2.75) is 6.92 Å². The standard InChI is InChI=1S/C7H6IN3/c1-5-6(8)3-2-4-7(5)10-11-9/h2-4H,1H3. The fourth-order valence-electron chi connectivity index (χ4n) is 0.753. The minimum absolute atomic E-state index is 0.708. The smallest absolute Gasteiger partial charge is 0.0415 e. The van der Waals surface area contributed by atoms with Gasteiger partial charge in [0, 0.05) is 14.2 Å². The van der Waals surface area contributed by atoms with E-state index in [4.69, 9.17) is 5.53 Å². The number of halogens is 1. The fourth-order valence-corrected chi connectivity index (χ4v) is 1.24. The Labute approximate surface area is 78.2 Å². The maximum absolute atomic E-state index is 8.19. The van der Waals surface area contributed by atoms with Gasteiger partial charge in [-0.15, -0.1) is 0 Å². The average Bonchev–Trinajstić information content (AvgIpc) is 1.99. The molecule has 4 heteroatoms. The number of hydrogen-bond donors (Lipinski definition) is 0. The molecule has 0 fully saturated rings. The molecule has 0 radical (unpaired) electrons. The van der Waals surface area contributed by atoms with E-state index < -0.39 is 0 Å². The molecule has 0 aromatic heterocycles. The molecule has 0 heterocycles. The number of rotatable bonds is 1. The molecule has 0 unspecified atom stereocenters. The summed E-state index contributed by atoms with van der Waals surface area (Å²) in [7, 11) is 0. The van der Waals surface area contributed by atoms with Gasteiger partial charge < -0.3 is 0 Å². The molecule has 0 aliphatic carbocycles. The Morgan fingerprint density at radius 1 is 1.55 bits per heavy atom. The van der Waals surface area contributed by atoms with E-state index in [1.165, 1.54) is 0 Å². The highest BCUT2D eigenvalue weighted by atomic mass is 127. The van der Waals surface area contributed by atoms with Crippen LogP contribution in [0.25, 0.3) is 10.4 Å². The molecule has 0 atom stereocenters. The van der Waals surface area contributed by atoms with E-state index in [1.807, 2.05) is 19.1 Å². The summed E-state index contributed by atoms with van der Waals surface area (Å²) in [5.41, 5.74) is 9.93. The zero-order valence-corrected chi connectivity index (χ0v) is 8.11. The Balaban J connectivity index is 3.26. The largest absolute Gasteiger partial charge is 0.0607 e. The highest BCUT2D eigenvalue weighted by Crippen LogP contribution is 2.22. The van der Waals surface area contributed by atoms with Crippen LogP contribution >= 0.6 is 22.6 Å². The Bertz CT molecular complexity index is 315. The first-order valence-corrected chi connectivity index (χ1v) is 4.14. The van der Waals surface area contributed by atoms with E-state index in [-0.39, 0.29) is 0 Å². The van der Waals surface area contributed by atoms with Crippen LogP contribution in [-0.4, -0.2) is 0 Å². The van der Waals surface area contributed by atoms with Gasteiger partial charge in [0.2, 0.25) is 0 Å². The molecule has 0 saturated heterocycles. The van der Waals surface area contributed by atoms with Gasteiger partial charge in [-0.25, -0.2) is 0 Å². The van der Waals surface area contributed by atoms with Crippen LogP contribution in [0.5, 0.6) is 0 Å². The summed E-state index contributed by atoms with van der Waals surface area (Å²) in [6.07, 6.45) is 0. The van der Waals surface area contributed by atoms with Crippen LogP contribution in [0.1, 0.15) is 5.56 Å². The summed E-state index contributed by atoms with van der Waals surface area (Å²) in [5.74, 6) is 0. The molecular weight excluding hydrogens is 253 g/mol. The zero-order chi connectivity index (χ0) is 8.27. The minimum atomic E-state index is 0.708. The number of nitrogens with zero attached hydrogens (tertiary/aromatic N) is 3. The molecule has 3 nitrogen and oxygen atoms in total. The third-order valence-electron chi connectivity index (χ3n) is 1.39. The van der Waals surface area contributed by atoms with Crippen molar-refractivity contribution in [3.05, 3.63) is 37.8 Å². The van der Waals surface area contributed by atoms with E-state index in [0.29, 0.717) is 5.69 Å². The molecule has 0 saturated carbocycles. The molecule has 0 N–H and O–H groups in total. The molecule has 1 rings (SSSR count). The zero-order valence-electron chi connectivity index (χ0n) is 5.95. The van der Waals surface area contributed by atoms with Gasteiger partial charge in [-0.05, 0) is 46.7 Å². The first-order chi connectivity index (χ1) is 5.25.